The van der Waals surface area contributed by atoms with E-state index in [-0.39, 0.29) is 21.3 Å². The Balaban J connectivity index is 1.31. The molecule has 40 heavy (non-hydrogen) atoms. The lowest BCUT2D eigenvalue weighted by Crippen LogP contribution is -2.36. The number of hydrogen-bond donors (Lipinski definition) is 2. The molecular formula is C28H33N5O5S2. The third-order valence-corrected chi connectivity index (χ3v) is 10.2. The van der Waals surface area contributed by atoms with Crippen LogP contribution in [0.4, 0.5) is 9.93 Å². The number of rotatable bonds is 8. The number of carbonyl (C=O) groups is 2. The van der Waals surface area contributed by atoms with E-state index in [0.717, 1.165) is 33.7 Å². The molecule has 0 unspecified atom stereocenters. The van der Waals surface area contributed by atoms with Crippen molar-refractivity contribution >= 4 is 38.5 Å². The van der Waals surface area contributed by atoms with Crippen LogP contribution in [0.5, 0.6) is 0 Å². The minimum absolute atomic E-state index is 0.0907. The normalized spacial score (nSPS) is 14.8. The van der Waals surface area contributed by atoms with E-state index in [2.05, 4.69) is 31.4 Å². The zero-order valence-corrected chi connectivity index (χ0v) is 24.6. The highest BCUT2D eigenvalue weighted by Gasteiger charge is 2.31. The quantitative estimate of drug-likeness (QED) is 0.360. The molecule has 1 fully saturated rings. The largest absolute Gasteiger partial charge is 0.453 e. The number of nitrogens with zero attached hydrogens (tertiary/aromatic N) is 3. The third-order valence-electron chi connectivity index (χ3n) is 6.59. The second-order valence-electron chi connectivity index (χ2n) is 9.65. The standard InChI is InChI=1S/C28H33N5O5S2/c1-18-9-11-24(17-29-18)22-6-5-7-23(16-22)25(34)30-19(2)8-10-21-12-14-33(15-13-21)40(36,37)26-20(3)31-27(39-26)32-28(35)38-4/h5-7,9-11,16-17,19H,8,12-15H2,1-4H3,(H,30,34)(H,31,32,35)/t19-/m0/s1. The molecule has 1 atom stereocenters. The van der Waals surface area contributed by atoms with E-state index in [1.165, 1.54) is 11.4 Å². The second-order valence-corrected chi connectivity index (χ2v) is 12.8. The molecule has 2 amide bonds. The summed E-state index contributed by atoms with van der Waals surface area (Å²) in [6.45, 7) is 6.20. The Morgan fingerprint density at radius 3 is 2.58 bits per heavy atom. The number of methoxy groups -OCH3 is 1. The van der Waals surface area contributed by atoms with Crippen molar-refractivity contribution in [3.8, 4) is 11.1 Å². The predicted molar refractivity (Wildman–Crippen MR) is 155 cm³/mol. The molecule has 212 valence electrons. The molecule has 2 aromatic heterocycles. The number of pyridine rings is 1. The molecule has 1 aromatic carbocycles. The summed E-state index contributed by atoms with van der Waals surface area (Å²) >= 11 is 0.912. The fourth-order valence-electron chi connectivity index (χ4n) is 4.34. The summed E-state index contributed by atoms with van der Waals surface area (Å²) in [6, 6.07) is 11.3. The summed E-state index contributed by atoms with van der Waals surface area (Å²) < 4.78 is 32.6. The number of piperidine rings is 1. The van der Waals surface area contributed by atoms with E-state index in [0.29, 0.717) is 43.6 Å². The highest BCUT2D eigenvalue weighted by atomic mass is 32.2. The summed E-state index contributed by atoms with van der Waals surface area (Å²) in [5.74, 6) is -0.144. The highest BCUT2D eigenvalue weighted by Crippen LogP contribution is 2.32. The lowest BCUT2D eigenvalue weighted by atomic mass is 10.0. The van der Waals surface area contributed by atoms with Gasteiger partial charge in [-0.05, 0) is 63.8 Å². The van der Waals surface area contributed by atoms with Crippen LogP contribution >= 0.6 is 11.3 Å². The van der Waals surface area contributed by atoms with E-state index >= 15 is 0 Å². The van der Waals surface area contributed by atoms with Gasteiger partial charge in [0.1, 0.15) is 0 Å². The number of benzene rings is 1. The van der Waals surface area contributed by atoms with Crippen LogP contribution in [0.15, 0.2) is 58.5 Å². The van der Waals surface area contributed by atoms with Crippen LogP contribution in [0.2, 0.25) is 0 Å². The first-order chi connectivity index (χ1) is 19.1. The number of carbonyl (C=O) groups excluding carboxylic acids is 2. The Bertz CT molecular complexity index is 1510. The first-order valence-corrected chi connectivity index (χ1v) is 15.2. The van der Waals surface area contributed by atoms with Gasteiger partial charge in [0.25, 0.3) is 15.9 Å². The number of sulfonamides is 1. The Kier molecular flexibility index (Phi) is 9.33. The number of aryl methyl sites for hydroxylation is 2. The van der Waals surface area contributed by atoms with Crippen molar-refractivity contribution in [2.45, 2.75) is 50.3 Å². The highest BCUT2D eigenvalue weighted by molar-refractivity contribution is 7.91. The van der Waals surface area contributed by atoms with E-state index < -0.39 is 16.1 Å². The second kappa shape index (κ2) is 12.7. The van der Waals surface area contributed by atoms with Crippen molar-refractivity contribution in [2.75, 3.05) is 25.5 Å². The zero-order valence-electron chi connectivity index (χ0n) is 22.9. The monoisotopic (exact) mass is 583 g/mol. The summed E-state index contributed by atoms with van der Waals surface area (Å²) in [4.78, 5) is 32.8. The van der Waals surface area contributed by atoms with Crippen molar-refractivity contribution in [2.24, 2.45) is 0 Å². The van der Waals surface area contributed by atoms with Crippen LogP contribution in [0, 0.1) is 13.8 Å². The van der Waals surface area contributed by atoms with Gasteiger partial charge in [0, 0.05) is 42.1 Å². The van der Waals surface area contributed by atoms with Gasteiger partial charge in [-0.1, -0.05) is 41.2 Å². The molecule has 0 saturated carbocycles. The van der Waals surface area contributed by atoms with Gasteiger partial charge >= 0.3 is 6.09 Å². The molecule has 0 bridgehead atoms. The predicted octanol–water partition coefficient (Wildman–Crippen LogP) is 4.92. The number of thiazole rings is 1. The van der Waals surface area contributed by atoms with Crippen LogP contribution in [0.25, 0.3) is 11.1 Å². The summed E-state index contributed by atoms with van der Waals surface area (Å²) in [6.07, 6.45) is 5.06. The molecule has 12 heteroatoms. The zero-order chi connectivity index (χ0) is 28.9. The smallest absolute Gasteiger partial charge is 0.413 e. The Hall–Kier alpha value is -3.61. The van der Waals surface area contributed by atoms with Gasteiger partial charge in [0.15, 0.2) is 9.34 Å². The molecule has 1 aliphatic rings. The third kappa shape index (κ3) is 7.12. The van der Waals surface area contributed by atoms with E-state index in [9.17, 15) is 18.0 Å². The van der Waals surface area contributed by atoms with Crippen LogP contribution in [-0.2, 0) is 14.8 Å². The molecule has 3 heterocycles. The lowest BCUT2D eigenvalue weighted by Gasteiger charge is -2.27. The van der Waals surface area contributed by atoms with E-state index in [1.807, 2.05) is 44.2 Å². The summed E-state index contributed by atoms with van der Waals surface area (Å²) in [5.41, 5.74) is 4.90. The lowest BCUT2D eigenvalue weighted by molar-refractivity contribution is 0.0940. The van der Waals surface area contributed by atoms with Gasteiger partial charge in [-0.25, -0.2) is 18.2 Å². The molecule has 3 aromatic rings. The van der Waals surface area contributed by atoms with Crippen molar-refractivity contribution in [3.63, 3.8) is 0 Å². The van der Waals surface area contributed by atoms with Gasteiger partial charge < -0.3 is 10.1 Å². The first kappa shape index (κ1) is 29.4. The maximum Gasteiger partial charge on any atom is 0.413 e. The Morgan fingerprint density at radius 2 is 1.90 bits per heavy atom. The van der Waals surface area contributed by atoms with Gasteiger partial charge in [-0.2, -0.15) is 4.31 Å². The molecule has 0 spiro atoms. The molecule has 1 aliphatic heterocycles. The minimum Gasteiger partial charge on any atom is -0.453 e. The van der Waals surface area contributed by atoms with Gasteiger partial charge in [-0.3, -0.25) is 15.1 Å². The van der Waals surface area contributed by atoms with Gasteiger partial charge in [0.2, 0.25) is 0 Å². The number of anilines is 1. The van der Waals surface area contributed by atoms with Crippen LogP contribution < -0.4 is 10.6 Å². The van der Waals surface area contributed by atoms with Crippen LogP contribution in [0.3, 0.4) is 0 Å². The van der Waals surface area contributed by atoms with Crippen molar-refractivity contribution in [1.29, 1.82) is 0 Å². The number of hydrogen-bond acceptors (Lipinski definition) is 8. The van der Waals surface area contributed by atoms with Crippen molar-refractivity contribution in [3.05, 3.63) is 71.2 Å². The minimum atomic E-state index is -3.73. The number of nitrogens with one attached hydrogen (secondary N) is 2. The molecule has 1 saturated heterocycles. The summed E-state index contributed by atoms with van der Waals surface area (Å²) in [7, 11) is -2.51. The maximum atomic E-state index is 13.2. The van der Waals surface area contributed by atoms with E-state index in [1.54, 1.807) is 19.2 Å². The number of ether oxygens (including phenoxy) is 1. The van der Waals surface area contributed by atoms with Crippen molar-refractivity contribution < 1.29 is 22.7 Å². The molecule has 10 nitrogen and oxygen atoms in total. The Labute approximate surface area is 238 Å². The van der Waals surface area contributed by atoms with Crippen molar-refractivity contribution in [1.82, 2.24) is 19.6 Å². The average molecular weight is 584 g/mol. The average Bonchev–Trinajstić information content (AvgIpc) is 3.33. The number of aromatic nitrogens is 2. The molecule has 2 N–H and O–H groups in total. The van der Waals surface area contributed by atoms with Crippen LogP contribution in [0.1, 0.15) is 47.9 Å². The maximum absolute atomic E-state index is 13.2. The molecule has 4 rings (SSSR count). The molecule has 0 radical (unpaired) electrons. The van der Waals surface area contributed by atoms with E-state index in [4.69, 9.17) is 0 Å². The molecular weight excluding hydrogens is 550 g/mol. The van der Waals surface area contributed by atoms with Crippen LogP contribution in [-0.4, -0.2) is 60.9 Å². The number of amides is 2. The Morgan fingerprint density at radius 1 is 1.15 bits per heavy atom. The summed E-state index contributed by atoms with van der Waals surface area (Å²) in [5, 5.41) is 5.65. The SMILES string of the molecule is COC(=O)Nc1nc(C)c(S(=O)(=O)N2CCC(=CC[C@H](C)NC(=O)c3cccc(-c4ccc(C)nc4)c3)CC2)s1. The fraction of sp³-hybridized carbons (Fsp3) is 0.357. The topological polar surface area (TPSA) is 131 Å². The van der Waals surface area contributed by atoms with Gasteiger partial charge in [0.05, 0.1) is 12.8 Å². The van der Waals surface area contributed by atoms with Gasteiger partial charge in [-0.15, -0.1) is 0 Å². The first-order valence-electron chi connectivity index (χ1n) is 12.9. The fourth-order valence-corrected chi connectivity index (χ4v) is 7.31. The molecule has 0 aliphatic carbocycles.